The van der Waals surface area contributed by atoms with Gasteiger partial charge in [-0.15, -0.1) is 11.8 Å². The first-order valence-electron chi connectivity index (χ1n) is 7.51. The Bertz CT molecular complexity index is 879. The van der Waals surface area contributed by atoms with E-state index in [0.717, 1.165) is 4.90 Å². The number of halogens is 3. The third kappa shape index (κ3) is 4.08. The molecule has 2 aromatic rings. The number of hydrogen-bond acceptors (Lipinski definition) is 4. The Labute approximate surface area is 157 Å². The van der Waals surface area contributed by atoms with Gasteiger partial charge in [0.1, 0.15) is 5.75 Å². The van der Waals surface area contributed by atoms with Crippen LogP contribution in [0, 0.1) is 0 Å². The lowest BCUT2D eigenvalue weighted by atomic mass is 10.1. The minimum Gasteiger partial charge on any atom is -0.433 e. The van der Waals surface area contributed by atoms with Crippen LogP contribution in [0.1, 0.15) is 17.3 Å². The van der Waals surface area contributed by atoms with Crippen LogP contribution in [-0.4, -0.2) is 23.7 Å². The van der Waals surface area contributed by atoms with E-state index in [1.165, 1.54) is 30.0 Å². The number of thioether (sulfide) groups is 1. The van der Waals surface area contributed by atoms with Crippen LogP contribution in [0.3, 0.4) is 0 Å². The van der Waals surface area contributed by atoms with Crippen LogP contribution in [0.4, 0.5) is 20.2 Å². The molecule has 1 atom stereocenters. The van der Waals surface area contributed by atoms with Crippen LogP contribution in [0.15, 0.2) is 41.3 Å². The predicted molar refractivity (Wildman–Crippen MR) is 96.4 cm³/mol. The number of carbonyl (C=O) groups excluding carboxylic acids is 2. The second-order valence-corrected chi connectivity index (χ2v) is 7.23. The highest BCUT2D eigenvalue weighted by atomic mass is 35.5. The lowest BCUT2D eigenvalue weighted by molar-refractivity contribution is -0.115. The van der Waals surface area contributed by atoms with Crippen molar-refractivity contribution in [2.75, 3.05) is 10.6 Å². The average Bonchev–Trinajstić information content (AvgIpc) is 2.57. The fourth-order valence-corrected chi connectivity index (χ4v) is 3.48. The van der Waals surface area contributed by atoms with E-state index >= 15 is 0 Å². The molecule has 1 unspecified atom stereocenters. The van der Waals surface area contributed by atoms with Gasteiger partial charge in [0.05, 0.1) is 16.0 Å². The summed E-state index contributed by atoms with van der Waals surface area (Å²) in [6.07, 6.45) is 0. The molecule has 0 fully saturated rings. The van der Waals surface area contributed by atoms with Gasteiger partial charge in [0.25, 0.3) is 5.91 Å². The molecule has 1 aliphatic heterocycles. The van der Waals surface area contributed by atoms with Gasteiger partial charge < -0.3 is 15.4 Å². The maximum atomic E-state index is 12.4. The Kier molecular flexibility index (Phi) is 5.33. The molecule has 3 rings (SSSR count). The fourth-order valence-electron chi connectivity index (χ4n) is 2.32. The van der Waals surface area contributed by atoms with E-state index in [1.807, 2.05) is 0 Å². The zero-order chi connectivity index (χ0) is 18.8. The molecule has 0 aromatic heterocycles. The van der Waals surface area contributed by atoms with Crippen molar-refractivity contribution in [1.82, 2.24) is 0 Å². The molecule has 136 valence electrons. The summed E-state index contributed by atoms with van der Waals surface area (Å²) in [7, 11) is 0. The normalized spacial score (nSPS) is 16.0. The van der Waals surface area contributed by atoms with Gasteiger partial charge in [0.2, 0.25) is 5.91 Å². The number of fused-ring (bicyclic) bond motifs is 1. The summed E-state index contributed by atoms with van der Waals surface area (Å²) in [4.78, 5) is 25.0. The number of hydrogen-bond donors (Lipinski definition) is 2. The van der Waals surface area contributed by atoms with Gasteiger partial charge in [0, 0.05) is 16.1 Å². The van der Waals surface area contributed by atoms with E-state index < -0.39 is 12.5 Å². The number of nitrogens with one attached hydrogen (secondary N) is 2. The number of amides is 2. The van der Waals surface area contributed by atoms with Crippen LogP contribution in [0.5, 0.6) is 5.75 Å². The lowest BCUT2D eigenvalue weighted by Crippen LogP contribution is -2.26. The van der Waals surface area contributed by atoms with E-state index in [-0.39, 0.29) is 21.9 Å². The summed E-state index contributed by atoms with van der Waals surface area (Å²) in [5, 5.41) is 5.13. The molecule has 1 heterocycles. The molecule has 0 bridgehead atoms. The van der Waals surface area contributed by atoms with Gasteiger partial charge in [-0.3, -0.25) is 9.59 Å². The standard InChI is InChI=1S/C17H13ClF2N2O3S/c1-8-15(23)22-12-6-9(2-5-14(12)26-8)16(24)21-10-3-4-13(11(18)7-10)25-17(19)20/h2-8,17H,1H3,(H,21,24)(H,22,23). The number of anilines is 2. The number of carbonyl (C=O) groups is 2. The predicted octanol–water partition coefficient (Wildman–Crippen LogP) is 4.63. The quantitative estimate of drug-likeness (QED) is 0.788. The van der Waals surface area contributed by atoms with E-state index in [2.05, 4.69) is 15.4 Å². The van der Waals surface area contributed by atoms with E-state index in [4.69, 9.17) is 11.6 Å². The topological polar surface area (TPSA) is 67.4 Å². The number of benzene rings is 2. The summed E-state index contributed by atoms with van der Waals surface area (Å²) in [5.74, 6) is -0.729. The van der Waals surface area contributed by atoms with Gasteiger partial charge in [-0.2, -0.15) is 8.78 Å². The van der Waals surface area contributed by atoms with E-state index in [1.54, 1.807) is 25.1 Å². The average molecular weight is 399 g/mol. The molecule has 2 amide bonds. The lowest BCUT2D eigenvalue weighted by Gasteiger charge is -2.21. The SMILES string of the molecule is CC1Sc2ccc(C(=O)Nc3ccc(OC(F)F)c(Cl)c3)cc2NC1=O. The summed E-state index contributed by atoms with van der Waals surface area (Å²) >= 11 is 7.28. The van der Waals surface area contributed by atoms with Crippen molar-refractivity contribution in [3.8, 4) is 5.75 Å². The van der Waals surface area contributed by atoms with Crippen LogP contribution < -0.4 is 15.4 Å². The molecule has 26 heavy (non-hydrogen) atoms. The molecule has 0 saturated carbocycles. The van der Waals surface area contributed by atoms with Crippen molar-refractivity contribution in [2.24, 2.45) is 0 Å². The first-order chi connectivity index (χ1) is 12.3. The Morgan fingerprint density at radius 2 is 2.08 bits per heavy atom. The van der Waals surface area contributed by atoms with Crippen LogP contribution in [-0.2, 0) is 4.79 Å². The van der Waals surface area contributed by atoms with Crippen LogP contribution in [0.2, 0.25) is 5.02 Å². The maximum Gasteiger partial charge on any atom is 0.387 e. The minimum absolute atomic E-state index is 0.0498. The molecule has 2 aromatic carbocycles. The van der Waals surface area contributed by atoms with Crippen molar-refractivity contribution >= 4 is 46.6 Å². The highest BCUT2D eigenvalue weighted by molar-refractivity contribution is 8.00. The third-order valence-electron chi connectivity index (χ3n) is 3.58. The van der Waals surface area contributed by atoms with Gasteiger partial charge in [-0.05, 0) is 43.3 Å². The fraction of sp³-hybridized carbons (Fsp3) is 0.176. The molecule has 9 heteroatoms. The summed E-state index contributed by atoms with van der Waals surface area (Å²) in [5.41, 5.74) is 1.24. The van der Waals surface area contributed by atoms with Crippen molar-refractivity contribution in [3.63, 3.8) is 0 Å². The minimum atomic E-state index is -2.99. The second kappa shape index (κ2) is 7.51. The highest BCUT2D eigenvalue weighted by Crippen LogP contribution is 2.36. The van der Waals surface area contributed by atoms with Crippen molar-refractivity contribution in [1.29, 1.82) is 0 Å². The Morgan fingerprint density at radius 3 is 2.77 bits per heavy atom. The molecule has 0 spiro atoms. The molecule has 2 N–H and O–H groups in total. The van der Waals surface area contributed by atoms with E-state index in [0.29, 0.717) is 16.9 Å². The zero-order valence-electron chi connectivity index (χ0n) is 13.4. The summed E-state index contributed by atoms with van der Waals surface area (Å²) in [6.45, 7) is -1.19. The van der Waals surface area contributed by atoms with Crippen LogP contribution in [0.25, 0.3) is 0 Å². The number of ether oxygens (including phenoxy) is 1. The van der Waals surface area contributed by atoms with Gasteiger partial charge in [-0.25, -0.2) is 0 Å². The molecule has 0 aliphatic carbocycles. The Morgan fingerprint density at radius 1 is 1.31 bits per heavy atom. The number of alkyl halides is 2. The largest absolute Gasteiger partial charge is 0.433 e. The van der Waals surface area contributed by atoms with Crippen molar-refractivity contribution in [3.05, 3.63) is 47.0 Å². The van der Waals surface area contributed by atoms with Crippen LogP contribution >= 0.6 is 23.4 Å². The molecular formula is C17H13ClF2N2O3S. The monoisotopic (exact) mass is 398 g/mol. The Balaban J connectivity index is 1.75. The first-order valence-corrected chi connectivity index (χ1v) is 8.76. The van der Waals surface area contributed by atoms with Gasteiger partial charge in [0.15, 0.2) is 0 Å². The maximum absolute atomic E-state index is 12.4. The third-order valence-corrected chi connectivity index (χ3v) is 5.05. The van der Waals surface area contributed by atoms with Gasteiger partial charge >= 0.3 is 6.61 Å². The molecular weight excluding hydrogens is 386 g/mol. The van der Waals surface area contributed by atoms with Crippen molar-refractivity contribution < 1.29 is 23.1 Å². The summed E-state index contributed by atoms with van der Waals surface area (Å²) < 4.78 is 28.7. The highest BCUT2D eigenvalue weighted by Gasteiger charge is 2.23. The second-order valence-electron chi connectivity index (χ2n) is 5.44. The molecule has 5 nitrogen and oxygen atoms in total. The first kappa shape index (κ1) is 18.5. The smallest absolute Gasteiger partial charge is 0.387 e. The number of rotatable bonds is 4. The van der Waals surface area contributed by atoms with E-state index in [9.17, 15) is 18.4 Å². The molecule has 0 radical (unpaired) electrons. The van der Waals surface area contributed by atoms with Crippen molar-refractivity contribution in [2.45, 2.75) is 23.7 Å². The molecule has 1 aliphatic rings. The summed E-state index contributed by atoms with van der Waals surface area (Å²) in [6, 6.07) is 8.94. The Hall–Kier alpha value is -2.32. The zero-order valence-corrected chi connectivity index (χ0v) is 15.0. The van der Waals surface area contributed by atoms with Gasteiger partial charge in [-0.1, -0.05) is 11.6 Å². The molecule has 0 saturated heterocycles.